The van der Waals surface area contributed by atoms with Gasteiger partial charge in [-0.15, -0.1) is 0 Å². The van der Waals surface area contributed by atoms with Crippen LogP contribution in [0.1, 0.15) is 61.8 Å². The zero-order valence-electron chi connectivity index (χ0n) is 16.0. The lowest BCUT2D eigenvalue weighted by molar-refractivity contribution is -0.150. The van der Waals surface area contributed by atoms with E-state index >= 15 is 0 Å². The zero-order valence-corrected chi connectivity index (χ0v) is 15.0. The highest BCUT2D eigenvalue weighted by molar-refractivity contribution is 5.66. The largest absolute Gasteiger partial charge is 0.458 e. The molecule has 4 N–H and O–H groups in total. The average molecular weight is 315 g/mol. The van der Waals surface area contributed by atoms with E-state index in [4.69, 9.17) is 16.8 Å². The van der Waals surface area contributed by atoms with Crippen molar-refractivity contribution in [3.63, 3.8) is 0 Å². The standard InChI is InChI=1S/C5H10O4.C4H10O2.3C2H6/c1-4(8)9-5(2-6)3-7;1-2-4(6)3-5;3*1-2/h5-7H,2-3H2,1H3;4-6H,2-3H2,1H3;3*1-2H3/i;6D;;;. The molecule has 0 spiro atoms. The van der Waals surface area contributed by atoms with E-state index < -0.39 is 12.1 Å². The maximum absolute atomic E-state index is 10.1. The SMILES string of the molecule is CC.CC.CC.CC(=O)OC(CO)CO.[2H]OC(CC)CO. The molecular weight excluding hydrogens is 276 g/mol. The maximum atomic E-state index is 10.1. The summed E-state index contributed by atoms with van der Waals surface area (Å²) in [6.07, 6.45) is -0.359. The summed E-state index contributed by atoms with van der Waals surface area (Å²) in [5.41, 5.74) is 0. The van der Waals surface area contributed by atoms with Crippen LogP contribution in [-0.4, -0.2) is 59.9 Å². The number of hydrogen-bond acceptors (Lipinski definition) is 6. The van der Waals surface area contributed by atoms with Crippen molar-refractivity contribution in [1.29, 1.82) is 1.43 Å². The van der Waals surface area contributed by atoms with Gasteiger partial charge < -0.3 is 25.2 Å². The summed E-state index contributed by atoms with van der Waals surface area (Å²) in [5.74, 6) is -0.497. The molecule has 0 bridgehead atoms. The Morgan fingerprint density at radius 3 is 1.43 bits per heavy atom. The van der Waals surface area contributed by atoms with Gasteiger partial charge in [-0.3, -0.25) is 4.79 Å². The van der Waals surface area contributed by atoms with Gasteiger partial charge in [0.15, 0.2) is 0 Å². The normalized spacial score (nSPS) is 9.81. The van der Waals surface area contributed by atoms with Gasteiger partial charge in [-0.05, 0) is 6.42 Å². The van der Waals surface area contributed by atoms with Crippen LogP contribution in [0.3, 0.4) is 0 Å². The number of aliphatic hydroxyl groups excluding tert-OH is 4. The van der Waals surface area contributed by atoms with Crippen molar-refractivity contribution in [3.8, 4) is 0 Å². The molecule has 6 heteroatoms. The summed E-state index contributed by atoms with van der Waals surface area (Å²) in [5, 5.41) is 29.0. The smallest absolute Gasteiger partial charge is 0.303 e. The van der Waals surface area contributed by atoms with Gasteiger partial charge in [0.2, 0.25) is 1.43 Å². The van der Waals surface area contributed by atoms with E-state index in [1.807, 2.05) is 48.5 Å². The molecule has 0 aliphatic carbocycles. The van der Waals surface area contributed by atoms with Crippen LogP contribution in [-0.2, 0) is 9.53 Å². The summed E-state index contributed by atoms with van der Waals surface area (Å²) in [6.45, 7) is 14.3. The van der Waals surface area contributed by atoms with Gasteiger partial charge >= 0.3 is 5.97 Å². The third kappa shape index (κ3) is 45.2. The lowest BCUT2D eigenvalue weighted by atomic mass is 10.3. The van der Waals surface area contributed by atoms with E-state index in [-0.39, 0.29) is 25.9 Å². The number of aliphatic hydroxyl groups is 4. The number of hydrogen-bond donors (Lipinski definition) is 4. The highest BCUT2D eigenvalue weighted by atomic mass is 16.6. The van der Waals surface area contributed by atoms with Crippen molar-refractivity contribution < 1.29 is 30.0 Å². The molecule has 6 nitrogen and oxygen atoms in total. The predicted octanol–water partition coefficient (Wildman–Crippen LogP) is 1.73. The first-order chi connectivity index (χ1) is 10.5. The Labute approximate surface area is 132 Å². The van der Waals surface area contributed by atoms with Crippen LogP contribution in [0, 0.1) is 0 Å². The summed E-state index contributed by atoms with van der Waals surface area (Å²) < 4.78 is 10.7. The minimum Gasteiger partial charge on any atom is -0.458 e. The molecule has 134 valence electrons. The first-order valence-corrected chi connectivity index (χ1v) is 7.67. The first-order valence-electron chi connectivity index (χ1n) is 8.08. The van der Waals surface area contributed by atoms with Gasteiger partial charge in [0.25, 0.3) is 0 Å². The molecule has 0 aliphatic heterocycles. The topological polar surface area (TPSA) is 107 Å². The van der Waals surface area contributed by atoms with Gasteiger partial charge in [-0.1, -0.05) is 48.5 Å². The van der Waals surface area contributed by atoms with Gasteiger partial charge in [-0.25, -0.2) is 0 Å². The van der Waals surface area contributed by atoms with Crippen LogP contribution < -0.4 is 0 Å². The maximum Gasteiger partial charge on any atom is 0.303 e. The van der Waals surface area contributed by atoms with Crippen molar-refractivity contribution in [1.82, 2.24) is 0 Å². The van der Waals surface area contributed by atoms with E-state index in [2.05, 4.69) is 9.85 Å². The van der Waals surface area contributed by atoms with Crippen LogP contribution in [0.4, 0.5) is 0 Å². The molecule has 21 heavy (non-hydrogen) atoms. The van der Waals surface area contributed by atoms with Crippen LogP contribution >= 0.6 is 0 Å². The number of rotatable bonds is 6. The van der Waals surface area contributed by atoms with Crippen molar-refractivity contribution >= 4 is 5.97 Å². The van der Waals surface area contributed by atoms with Crippen molar-refractivity contribution in [3.05, 3.63) is 0 Å². The van der Waals surface area contributed by atoms with Crippen LogP contribution in [0.25, 0.3) is 0 Å². The molecule has 0 aromatic rings. The fraction of sp³-hybridized carbons (Fsp3) is 0.933. The Morgan fingerprint density at radius 1 is 1.00 bits per heavy atom. The molecule has 0 saturated carbocycles. The molecule has 1 unspecified atom stereocenters. The molecule has 0 fully saturated rings. The van der Waals surface area contributed by atoms with Crippen molar-refractivity contribution in [2.24, 2.45) is 0 Å². The molecule has 1 atom stereocenters. The van der Waals surface area contributed by atoms with Crippen LogP contribution in [0.5, 0.6) is 0 Å². The van der Waals surface area contributed by atoms with Crippen molar-refractivity contribution in [2.75, 3.05) is 19.8 Å². The highest BCUT2D eigenvalue weighted by Gasteiger charge is 2.06. The molecule has 0 aromatic carbocycles. The second kappa shape index (κ2) is 36.5. The third-order valence-electron chi connectivity index (χ3n) is 1.40. The predicted molar refractivity (Wildman–Crippen MR) is 87.2 cm³/mol. The van der Waals surface area contributed by atoms with E-state index in [1.165, 1.54) is 6.92 Å². The number of carbonyl (C=O) groups is 1. The Morgan fingerprint density at radius 2 is 1.38 bits per heavy atom. The number of carbonyl (C=O) groups excluding carboxylic acids is 1. The Bertz CT molecular complexity index is 157. The van der Waals surface area contributed by atoms with Gasteiger partial charge in [0.1, 0.15) is 6.10 Å². The lowest BCUT2D eigenvalue weighted by Gasteiger charge is -2.09. The van der Waals surface area contributed by atoms with E-state index in [0.29, 0.717) is 6.42 Å². The van der Waals surface area contributed by atoms with E-state index in [9.17, 15) is 4.79 Å². The van der Waals surface area contributed by atoms with Crippen LogP contribution in [0.2, 0.25) is 0 Å². The highest BCUT2D eigenvalue weighted by Crippen LogP contribution is 1.88. The molecule has 0 radical (unpaired) electrons. The van der Waals surface area contributed by atoms with Gasteiger partial charge in [0, 0.05) is 6.92 Å². The van der Waals surface area contributed by atoms with Gasteiger partial charge in [0.05, 0.1) is 25.9 Å². The quantitative estimate of drug-likeness (QED) is 0.556. The monoisotopic (exact) mass is 315 g/mol. The average Bonchev–Trinajstić information content (AvgIpc) is 2.60. The second-order valence-corrected chi connectivity index (χ2v) is 2.81. The molecule has 0 saturated heterocycles. The third-order valence-corrected chi connectivity index (χ3v) is 1.40. The molecule has 0 amide bonds. The second-order valence-electron chi connectivity index (χ2n) is 2.81. The first kappa shape index (κ1) is 28.5. The van der Waals surface area contributed by atoms with Gasteiger partial charge in [-0.2, -0.15) is 0 Å². The fourth-order valence-electron chi connectivity index (χ4n) is 0.496. The minimum atomic E-state index is -0.762. The lowest BCUT2D eigenvalue weighted by Crippen LogP contribution is -2.24. The molecular formula is C15H38O6. The Balaban J connectivity index is -0.0000000660. The molecule has 0 rings (SSSR count). The van der Waals surface area contributed by atoms with E-state index in [0.717, 1.165) is 0 Å². The minimum absolute atomic E-state index is 0.0556. The Hall–Kier alpha value is -0.690. The van der Waals surface area contributed by atoms with E-state index in [1.54, 1.807) is 0 Å². The Kier molecular flexibility index (Phi) is 49.5. The van der Waals surface area contributed by atoms with Crippen LogP contribution in [0.15, 0.2) is 0 Å². The fourth-order valence-corrected chi connectivity index (χ4v) is 0.496. The zero-order chi connectivity index (χ0) is 19.0. The number of esters is 1. The summed E-state index contributed by atoms with van der Waals surface area (Å²) >= 11 is 0. The van der Waals surface area contributed by atoms with Crippen molar-refractivity contribution in [2.45, 2.75) is 74.0 Å². The summed E-state index contributed by atoms with van der Waals surface area (Å²) in [4.78, 5) is 10.1. The number of ether oxygens (including phenoxy) is 1. The summed E-state index contributed by atoms with van der Waals surface area (Å²) in [6, 6.07) is 0. The summed E-state index contributed by atoms with van der Waals surface area (Å²) in [7, 11) is 0. The molecule has 0 heterocycles. The molecule has 0 aliphatic rings. The molecule has 0 aromatic heterocycles.